The molecule has 84 valence electrons. The minimum atomic E-state index is 0.00904. The second-order valence-corrected chi connectivity index (χ2v) is 6.90. The third kappa shape index (κ3) is 3.24. The molecule has 0 radical (unpaired) electrons. The van der Waals surface area contributed by atoms with E-state index in [1.54, 1.807) is 11.3 Å². The number of thiophene rings is 1. The van der Waals surface area contributed by atoms with Gasteiger partial charge in [-0.15, -0.1) is 22.9 Å². The van der Waals surface area contributed by atoms with Crippen LogP contribution >= 0.6 is 50.5 Å². The predicted octanol–water partition coefficient (Wildman–Crippen LogP) is 5.69. The molecule has 0 saturated heterocycles. The van der Waals surface area contributed by atoms with Gasteiger partial charge in [0.25, 0.3) is 0 Å². The molecule has 4 heteroatoms. The highest BCUT2D eigenvalue weighted by atomic mass is 79.9. The van der Waals surface area contributed by atoms with Crippen LogP contribution in [0.15, 0.2) is 40.2 Å². The molecule has 0 aliphatic carbocycles. The zero-order valence-corrected chi connectivity index (χ0v) is 12.2. The molecule has 1 atom stereocenters. The Balaban J connectivity index is 2.10. The van der Waals surface area contributed by atoms with Crippen LogP contribution in [0.4, 0.5) is 0 Å². The standard InChI is InChI=1S/C12H9BrCl2S/c13-12-5-4-11(16-12)10(15)7-8-2-1-3-9(14)6-8/h1-6,10H,7H2. The first-order chi connectivity index (χ1) is 7.65. The van der Waals surface area contributed by atoms with E-state index in [2.05, 4.69) is 22.0 Å². The maximum absolute atomic E-state index is 6.35. The molecule has 16 heavy (non-hydrogen) atoms. The van der Waals surface area contributed by atoms with E-state index in [0.29, 0.717) is 0 Å². The Kier molecular flexibility index (Phi) is 4.31. The zero-order chi connectivity index (χ0) is 11.5. The predicted molar refractivity (Wildman–Crippen MR) is 75.8 cm³/mol. The summed E-state index contributed by atoms with van der Waals surface area (Å²) < 4.78 is 1.11. The van der Waals surface area contributed by atoms with Crippen molar-refractivity contribution in [1.82, 2.24) is 0 Å². The Morgan fingerprint density at radius 2 is 2.06 bits per heavy atom. The van der Waals surface area contributed by atoms with Gasteiger partial charge in [0.2, 0.25) is 0 Å². The normalized spacial score (nSPS) is 12.7. The van der Waals surface area contributed by atoms with E-state index in [0.717, 1.165) is 20.8 Å². The van der Waals surface area contributed by atoms with Crippen LogP contribution in [0, 0.1) is 0 Å². The Morgan fingerprint density at radius 3 is 2.69 bits per heavy atom. The highest BCUT2D eigenvalue weighted by molar-refractivity contribution is 9.11. The summed E-state index contributed by atoms with van der Waals surface area (Å²) in [5.74, 6) is 0. The van der Waals surface area contributed by atoms with Gasteiger partial charge in [-0.05, 0) is 52.2 Å². The molecular weight excluding hydrogens is 327 g/mol. The van der Waals surface area contributed by atoms with Crippen molar-refractivity contribution in [1.29, 1.82) is 0 Å². The first-order valence-electron chi connectivity index (χ1n) is 4.79. The Bertz CT molecular complexity index is 481. The second-order valence-electron chi connectivity index (χ2n) is 3.44. The van der Waals surface area contributed by atoms with Gasteiger partial charge in [0, 0.05) is 9.90 Å². The smallest absolute Gasteiger partial charge is 0.0719 e. The van der Waals surface area contributed by atoms with Gasteiger partial charge in [-0.25, -0.2) is 0 Å². The average Bonchev–Trinajstić information content (AvgIpc) is 2.65. The third-order valence-corrected chi connectivity index (χ3v) is 4.70. The van der Waals surface area contributed by atoms with E-state index in [-0.39, 0.29) is 5.38 Å². The highest BCUT2D eigenvalue weighted by Crippen LogP contribution is 2.33. The van der Waals surface area contributed by atoms with Gasteiger partial charge in [-0.1, -0.05) is 23.7 Å². The number of hydrogen-bond donors (Lipinski definition) is 0. The van der Waals surface area contributed by atoms with E-state index in [9.17, 15) is 0 Å². The van der Waals surface area contributed by atoms with E-state index < -0.39 is 0 Å². The minimum absolute atomic E-state index is 0.00904. The van der Waals surface area contributed by atoms with E-state index in [1.807, 2.05) is 30.3 Å². The SMILES string of the molecule is Clc1cccc(CC(Cl)c2ccc(Br)s2)c1. The molecule has 1 unspecified atom stereocenters. The van der Waals surface area contributed by atoms with Crippen molar-refractivity contribution in [3.05, 3.63) is 55.6 Å². The summed E-state index contributed by atoms with van der Waals surface area (Å²) in [4.78, 5) is 1.17. The number of benzene rings is 1. The first-order valence-corrected chi connectivity index (χ1v) is 7.21. The zero-order valence-electron chi connectivity index (χ0n) is 8.29. The van der Waals surface area contributed by atoms with Crippen LogP contribution in [0.1, 0.15) is 15.8 Å². The summed E-state index contributed by atoms with van der Waals surface area (Å²) in [6, 6.07) is 11.9. The summed E-state index contributed by atoms with van der Waals surface area (Å²) >= 11 is 17.4. The molecule has 0 bridgehead atoms. The summed E-state index contributed by atoms with van der Waals surface area (Å²) in [6.07, 6.45) is 0.801. The fraction of sp³-hybridized carbons (Fsp3) is 0.167. The first kappa shape index (κ1) is 12.4. The molecule has 1 heterocycles. The molecule has 0 saturated carbocycles. The lowest BCUT2D eigenvalue weighted by molar-refractivity contribution is 0.940. The molecule has 1 aromatic carbocycles. The summed E-state index contributed by atoms with van der Waals surface area (Å²) in [5, 5.41) is 0.767. The second kappa shape index (κ2) is 5.54. The third-order valence-electron chi connectivity index (χ3n) is 2.21. The maximum atomic E-state index is 6.35. The molecule has 0 fully saturated rings. The van der Waals surface area contributed by atoms with Gasteiger partial charge in [0.1, 0.15) is 0 Å². The molecule has 0 amide bonds. The van der Waals surface area contributed by atoms with Crippen molar-refractivity contribution in [3.63, 3.8) is 0 Å². The average molecular weight is 336 g/mol. The number of hydrogen-bond acceptors (Lipinski definition) is 1. The Labute approximate surface area is 117 Å². The van der Waals surface area contributed by atoms with Crippen LogP contribution in [0.2, 0.25) is 5.02 Å². The van der Waals surface area contributed by atoms with Crippen LogP contribution in [0.25, 0.3) is 0 Å². The molecule has 2 aromatic rings. The van der Waals surface area contributed by atoms with Gasteiger partial charge < -0.3 is 0 Å². The fourth-order valence-corrected chi connectivity index (χ4v) is 3.47. The maximum Gasteiger partial charge on any atom is 0.0719 e. The lowest BCUT2D eigenvalue weighted by Gasteiger charge is -2.07. The Morgan fingerprint density at radius 1 is 1.25 bits per heavy atom. The van der Waals surface area contributed by atoms with Crippen molar-refractivity contribution in [2.45, 2.75) is 11.8 Å². The molecule has 0 aliphatic rings. The molecule has 0 nitrogen and oxygen atoms in total. The summed E-state index contributed by atoms with van der Waals surface area (Å²) in [5.41, 5.74) is 1.16. The van der Waals surface area contributed by atoms with E-state index >= 15 is 0 Å². The van der Waals surface area contributed by atoms with Crippen LogP contribution < -0.4 is 0 Å². The van der Waals surface area contributed by atoms with Crippen molar-refractivity contribution >= 4 is 50.5 Å². The van der Waals surface area contributed by atoms with Crippen molar-refractivity contribution in [3.8, 4) is 0 Å². The lowest BCUT2D eigenvalue weighted by Crippen LogP contribution is -1.92. The van der Waals surface area contributed by atoms with Crippen LogP contribution in [0.3, 0.4) is 0 Å². The van der Waals surface area contributed by atoms with Crippen molar-refractivity contribution < 1.29 is 0 Å². The van der Waals surface area contributed by atoms with E-state index in [4.69, 9.17) is 23.2 Å². The molecule has 2 rings (SSSR count). The van der Waals surface area contributed by atoms with Crippen molar-refractivity contribution in [2.75, 3.05) is 0 Å². The number of alkyl halides is 1. The molecule has 0 N–H and O–H groups in total. The molecular formula is C12H9BrCl2S. The van der Waals surface area contributed by atoms with Gasteiger partial charge >= 0.3 is 0 Å². The molecule has 1 aromatic heterocycles. The largest absolute Gasteiger partial charge is 0.132 e. The van der Waals surface area contributed by atoms with Gasteiger partial charge in [0.15, 0.2) is 0 Å². The van der Waals surface area contributed by atoms with Crippen LogP contribution in [-0.4, -0.2) is 0 Å². The number of halogens is 3. The monoisotopic (exact) mass is 334 g/mol. The summed E-state index contributed by atoms with van der Waals surface area (Å²) in [6.45, 7) is 0. The lowest BCUT2D eigenvalue weighted by atomic mass is 10.1. The van der Waals surface area contributed by atoms with Gasteiger partial charge in [-0.2, -0.15) is 0 Å². The minimum Gasteiger partial charge on any atom is -0.132 e. The van der Waals surface area contributed by atoms with Crippen molar-refractivity contribution in [2.24, 2.45) is 0 Å². The fourth-order valence-electron chi connectivity index (χ4n) is 1.47. The summed E-state index contributed by atoms with van der Waals surface area (Å²) in [7, 11) is 0. The van der Waals surface area contributed by atoms with E-state index in [1.165, 1.54) is 4.88 Å². The molecule has 0 spiro atoms. The Hall–Kier alpha value is -0.0200. The van der Waals surface area contributed by atoms with Gasteiger partial charge in [-0.3, -0.25) is 0 Å². The van der Waals surface area contributed by atoms with Crippen LogP contribution in [0.5, 0.6) is 0 Å². The topological polar surface area (TPSA) is 0 Å². The van der Waals surface area contributed by atoms with Gasteiger partial charge in [0.05, 0.1) is 9.16 Å². The highest BCUT2D eigenvalue weighted by Gasteiger charge is 2.11. The molecule has 0 aliphatic heterocycles. The quantitative estimate of drug-likeness (QED) is 0.632. The van der Waals surface area contributed by atoms with Crippen LogP contribution in [-0.2, 0) is 6.42 Å². The number of rotatable bonds is 3.